The Morgan fingerprint density at radius 3 is 2.56 bits per heavy atom. The SMILES string of the molecule is CC(=O)N1CCCC(n2c(=O)c(-c3cccc(Cl)c3)c(C)c3cnc(Nc4ccc(N5CCN(C)CC5)c(C)c4)nc32)C1. The maximum absolute atomic E-state index is 14.3. The largest absolute Gasteiger partial charge is 0.369 e. The summed E-state index contributed by atoms with van der Waals surface area (Å²) in [6.45, 7) is 10.9. The third-order valence-electron chi connectivity index (χ3n) is 8.83. The van der Waals surface area contributed by atoms with Crippen LogP contribution in [0.15, 0.2) is 53.5 Å². The number of anilines is 3. The number of fused-ring (bicyclic) bond motifs is 1. The lowest BCUT2D eigenvalue weighted by Gasteiger charge is -2.35. The molecule has 2 fully saturated rings. The van der Waals surface area contributed by atoms with Crippen molar-refractivity contribution in [1.29, 1.82) is 0 Å². The van der Waals surface area contributed by atoms with E-state index in [2.05, 4.69) is 52.3 Å². The number of aryl methyl sites for hydroxylation is 2. The van der Waals surface area contributed by atoms with Crippen molar-refractivity contribution in [3.05, 3.63) is 75.2 Å². The number of carbonyl (C=O) groups excluding carboxylic acids is 1. The zero-order valence-corrected chi connectivity index (χ0v) is 26.0. The first kappa shape index (κ1) is 29.1. The van der Waals surface area contributed by atoms with Crippen molar-refractivity contribution in [3.8, 4) is 11.1 Å². The van der Waals surface area contributed by atoms with Gasteiger partial charge in [-0.15, -0.1) is 0 Å². The van der Waals surface area contributed by atoms with E-state index >= 15 is 0 Å². The molecular weight excluding hydrogens is 562 g/mol. The molecule has 0 spiro atoms. The summed E-state index contributed by atoms with van der Waals surface area (Å²) in [5.41, 5.74) is 5.86. The number of nitrogens with zero attached hydrogens (tertiary/aromatic N) is 6. The number of nitrogens with one attached hydrogen (secondary N) is 1. The Labute approximate surface area is 257 Å². The molecule has 0 saturated carbocycles. The van der Waals surface area contributed by atoms with Gasteiger partial charge in [-0.2, -0.15) is 4.98 Å². The Morgan fingerprint density at radius 2 is 1.84 bits per heavy atom. The minimum atomic E-state index is -0.209. The number of halogens is 1. The van der Waals surface area contributed by atoms with Crippen molar-refractivity contribution in [2.75, 3.05) is 56.5 Å². The predicted molar refractivity (Wildman–Crippen MR) is 174 cm³/mol. The number of aromatic nitrogens is 3. The van der Waals surface area contributed by atoms with Crippen LogP contribution in [0.4, 0.5) is 17.3 Å². The molecule has 4 aromatic rings. The van der Waals surface area contributed by atoms with Gasteiger partial charge < -0.3 is 20.0 Å². The number of piperazine rings is 1. The Morgan fingerprint density at radius 1 is 1.05 bits per heavy atom. The first-order valence-corrected chi connectivity index (χ1v) is 15.3. The summed E-state index contributed by atoms with van der Waals surface area (Å²) in [7, 11) is 2.16. The number of hydrogen-bond donors (Lipinski definition) is 1. The minimum absolute atomic E-state index is 0.0107. The predicted octanol–water partition coefficient (Wildman–Crippen LogP) is 5.41. The Hall–Kier alpha value is -3.95. The molecule has 6 rings (SSSR count). The number of hydrogen-bond acceptors (Lipinski definition) is 7. The molecular formula is C33H38ClN7O2. The van der Waals surface area contributed by atoms with Crippen LogP contribution in [0, 0.1) is 13.8 Å². The topological polar surface area (TPSA) is 86.6 Å². The molecule has 9 nitrogen and oxygen atoms in total. The van der Waals surface area contributed by atoms with E-state index in [9.17, 15) is 9.59 Å². The molecule has 0 aliphatic carbocycles. The molecule has 43 heavy (non-hydrogen) atoms. The van der Waals surface area contributed by atoms with Crippen molar-refractivity contribution < 1.29 is 4.79 Å². The fourth-order valence-electron chi connectivity index (χ4n) is 6.43. The highest BCUT2D eigenvalue weighted by Crippen LogP contribution is 2.32. The fourth-order valence-corrected chi connectivity index (χ4v) is 6.62. The molecule has 10 heteroatoms. The summed E-state index contributed by atoms with van der Waals surface area (Å²) in [4.78, 5) is 42.9. The molecule has 1 N–H and O–H groups in total. The van der Waals surface area contributed by atoms with Crippen molar-refractivity contribution in [1.82, 2.24) is 24.3 Å². The van der Waals surface area contributed by atoms with Crippen LogP contribution in [-0.4, -0.2) is 76.6 Å². The quantitative estimate of drug-likeness (QED) is 0.328. The molecule has 2 aromatic heterocycles. The van der Waals surface area contributed by atoms with E-state index in [1.165, 1.54) is 11.3 Å². The molecule has 0 bridgehead atoms. The normalized spacial score (nSPS) is 17.8. The Kier molecular flexibility index (Phi) is 8.11. The van der Waals surface area contributed by atoms with Crippen LogP contribution in [0.2, 0.25) is 5.02 Å². The lowest BCUT2D eigenvalue weighted by molar-refractivity contribution is -0.130. The third-order valence-corrected chi connectivity index (χ3v) is 9.06. The van der Waals surface area contributed by atoms with Crippen LogP contribution in [0.1, 0.15) is 36.9 Å². The van der Waals surface area contributed by atoms with Gasteiger partial charge in [0, 0.05) is 74.2 Å². The fraction of sp³-hybridized carbons (Fsp3) is 0.394. The maximum Gasteiger partial charge on any atom is 0.260 e. The average molecular weight is 600 g/mol. The molecule has 2 aromatic carbocycles. The summed E-state index contributed by atoms with van der Waals surface area (Å²) in [6.07, 6.45) is 3.38. The van der Waals surface area contributed by atoms with Crippen LogP contribution in [0.3, 0.4) is 0 Å². The Bertz CT molecular complexity index is 1750. The van der Waals surface area contributed by atoms with Crippen LogP contribution >= 0.6 is 11.6 Å². The summed E-state index contributed by atoms with van der Waals surface area (Å²) in [5.74, 6) is 0.429. The minimum Gasteiger partial charge on any atom is -0.369 e. The summed E-state index contributed by atoms with van der Waals surface area (Å²) >= 11 is 6.34. The van der Waals surface area contributed by atoms with Gasteiger partial charge in [0.05, 0.1) is 11.6 Å². The summed E-state index contributed by atoms with van der Waals surface area (Å²) < 4.78 is 1.78. The van der Waals surface area contributed by atoms with Gasteiger partial charge in [-0.05, 0) is 80.8 Å². The summed E-state index contributed by atoms with van der Waals surface area (Å²) in [5, 5.41) is 4.73. The van der Waals surface area contributed by atoms with Crippen molar-refractivity contribution >= 4 is 45.9 Å². The molecule has 1 amide bonds. The lowest BCUT2D eigenvalue weighted by Crippen LogP contribution is -2.44. The number of likely N-dealkylation sites (tertiary alicyclic amines) is 1. The maximum atomic E-state index is 14.3. The molecule has 1 unspecified atom stereocenters. The lowest BCUT2D eigenvalue weighted by atomic mass is 9.98. The second kappa shape index (κ2) is 12.0. The molecule has 2 aliphatic heterocycles. The van der Waals surface area contributed by atoms with E-state index < -0.39 is 0 Å². The van der Waals surface area contributed by atoms with Gasteiger partial charge in [-0.3, -0.25) is 14.2 Å². The average Bonchev–Trinajstić information content (AvgIpc) is 2.98. The number of likely N-dealkylation sites (N-methyl/N-ethyl adjacent to an activating group) is 1. The van der Waals surface area contributed by atoms with Crippen molar-refractivity contribution in [2.45, 2.75) is 39.7 Å². The van der Waals surface area contributed by atoms with Crippen molar-refractivity contribution in [3.63, 3.8) is 0 Å². The Balaban J connectivity index is 1.41. The van der Waals surface area contributed by atoms with E-state index in [1.807, 2.05) is 30.0 Å². The van der Waals surface area contributed by atoms with Gasteiger partial charge in [0.25, 0.3) is 5.56 Å². The highest BCUT2D eigenvalue weighted by molar-refractivity contribution is 6.30. The van der Waals surface area contributed by atoms with Crippen LogP contribution in [0.5, 0.6) is 0 Å². The number of piperidine rings is 1. The first-order valence-electron chi connectivity index (χ1n) is 14.9. The number of carbonyl (C=O) groups is 1. The number of amides is 1. The van der Waals surface area contributed by atoms with E-state index in [1.54, 1.807) is 23.8 Å². The molecule has 0 radical (unpaired) electrons. The van der Waals surface area contributed by atoms with E-state index in [-0.39, 0.29) is 17.5 Å². The molecule has 4 heterocycles. The second-order valence-electron chi connectivity index (χ2n) is 11.8. The highest BCUT2D eigenvalue weighted by Gasteiger charge is 2.28. The van der Waals surface area contributed by atoms with E-state index in [0.29, 0.717) is 35.3 Å². The smallest absolute Gasteiger partial charge is 0.260 e. The monoisotopic (exact) mass is 599 g/mol. The van der Waals surface area contributed by atoms with Gasteiger partial charge >= 0.3 is 0 Å². The van der Waals surface area contributed by atoms with Gasteiger partial charge in [-0.1, -0.05) is 23.7 Å². The zero-order valence-electron chi connectivity index (χ0n) is 25.2. The molecule has 2 saturated heterocycles. The number of benzene rings is 2. The van der Waals surface area contributed by atoms with Gasteiger partial charge in [-0.25, -0.2) is 4.98 Å². The molecule has 2 aliphatic rings. The first-order chi connectivity index (χ1) is 20.7. The second-order valence-corrected chi connectivity index (χ2v) is 12.2. The molecule has 224 valence electrons. The summed E-state index contributed by atoms with van der Waals surface area (Å²) in [6, 6.07) is 13.5. The zero-order chi connectivity index (χ0) is 30.2. The third kappa shape index (κ3) is 5.84. The number of pyridine rings is 1. The molecule has 1 atom stereocenters. The highest BCUT2D eigenvalue weighted by atomic mass is 35.5. The standard InChI is InChI=1S/C33H38ClN7O2/c1-21-17-26(10-11-29(21)39-15-13-38(4)14-16-39)36-33-35-19-28-22(2)30(24-7-5-8-25(34)18-24)32(43)41(31(28)37-33)27-9-6-12-40(20-27)23(3)42/h5,7-8,10-11,17-19,27H,6,9,12-16,20H2,1-4H3,(H,35,36,37). The van der Waals surface area contributed by atoms with Gasteiger partial charge in [0.15, 0.2) is 0 Å². The van der Waals surface area contributed by atoms with Gasteiger partial charge in [0.2, 0.25) is 11.9 Å². The van der Waals surface area contributed by atoms with Crippen molar-refractivity contribution in [2.24, 2.45) is 0 Å². The van der Waals surface area contributed by atoms with Crippen LogP contribution in [-0.2, 0) is 4.79 Å². The van der Waals surface area contributed by atoms with E-state index in [0.717, 1.165) is 61.2 Å². The van der Waals surface area contributed by atoms with E-state index in [4.69, 9.17) is 16.6 Å². The number of rotatable bonds is 5. The van der Waals surface area contributed by atoms with Gasteiger partial charge in [0.1, 0.15) is 5.65 Å². The van der Waals surface area contributed by atoms with Crippen LogP contribution in [0.25, 0.3) is 22.2 Å². The van der Waals surface area contributed by atoms with Crippen LogP contribution < -0.4 is 15.8 Å².